The lowest BCUT2D eigenvalue weighted by molar-refractivity contribution is 0.279. The Hall–Kier alpha value is -1.65. The van der Waals surface area contributed by atoms with E-state index in [1.54, 1.807) is 25.3 Å². The van der Waals surface area contributed by atoms with Crippen molar-refractivity contribution < 1.29 is 9.84 Å². The summed E-state index contributed by atoms with van der Waals surface area (Å²) in [5.41, 5.74) is 2.41. The maximum absolute atomic E-state index is 9.06. The second-order valence-corrected chi connectivity index (χ2v) is 4.54. The first-order valence-electron chi connectivity index (χ1n) is 6.03. The van der Waals surface area contributed by atoms with Gasteiger partial charge in [0, 0.05) is 16.8 Å². The maximum atomic E-state index is 9.06. The van der Waals surface area contributed by atoms with E-state index in [1.165, 1.54) is 0 Å². The number of benzene rings is 1. The molecule has 0 spiro atoms. The highest BCUT2D eigenvalue weighted by atomic mass is 35.5. The standard InChI is InChI=1S/C14H15ClN2O2/c1-3-10-6-12(4-5-13(10)15)19-14-16-7-11(8-18)9(2)17-14/h4-7,18H,3,8H2,1-2H3. The first-order chi connectivity index (χ1) is 9.13. The molecule has 0 saturated carbocycles. The molecule has 0 bridgehead atoms. The molecule has 1 aromatic heterocycles. The quantitative estimate of drug-likeness (QED) is 0.932. The van der Waals surface area contributed by atoms with Crippen LogP contribution in [0.3, 0.4) is 0 Å². The Bertz CT molecular complexity index is 588. The van der Waals surface area contributed by atoms with Gasteiger partial charge in [-0.05, 0) is 37.1 Å². The molecule has 2 rings (SSSR count). The van der Waals surface area contributed by atoms with Crippen molar-refractivity contribution in [1.29, 1.82) is 0 Å². The molecule has 0 amide bonds. The molecule has 1 aromatic carbocycles. The van der Waals surface area contributed by atoms with E-state index in [-0.39, 0.29) is 12.6 Å². The molecule has 100 valence electrons. The summed E-state index contributed by atoms with van der Waals surface area (Å²) < 4.78 is 5.59. The fraction of sp³-hybridized carbons (Fsp3) is 0.286. The molecule has 0 atom stereocenters. The molecule has 5 heteroatoms. The van der Waals surface area contributed by atoms with Crippen molar-refractivity contribution in [3.63, 3.8) is 0 Å². The third-order valence-corrected chi connectivity index (χ3v) is 3.21. The van der Waals surface area contributed by atoms with Gasteiger partial charge in [0.1, 0.15) is 5.75 Å². The van der Waals surface area contributed by atoms with Gasteiger partial charge in [0.25, 0.3) is 0 Å². The maximum Gasteiger partial charge on any atom is 0.322 e. The Morgan fingerprint density at radius 2 is 2.11 bits per heavy atom. The Labute approximate surface area is 117 Å². The van der Waals surface area contributed by atoms with Crippen molar-refractivity contribution in [3.8, 4) is 11.8 Å². The van der Waals surface area contributed by atoms with Gasteiger partial charge in [-0.2, -0.15) is 4.98 Å². The number of aryl methyl sites for hydroxylation is 2. The van der Waals surface area contributed by atoms with Crippen LogP contribution in [0.1, 0.15) is 23.7 Å². The minimum absolute atomic E-state index is 0.0763. The average Bonchev–Trinajstić information content (AvgIpc) is 2.41. The van der Waals surface area contributed by atoms with Gasteiger partial charge in [0.15, 0.2) is 0 Å². The van der Waals surface area contributed by atoms with E-state index in [1.807, 2.05) is 13.0 Å². The number of aliphatic hydroxyl groups excluding tert-OH is 1. The lowest BCUT2D eigenvalue weighted by Crippen LogP contribution is -1.98. The zero-order valence-corrected chi connectivity index (χ0v) is 11.6. The van der Waals surface area contributed by atoms with E-state index in [0.717, 1.165) is 17.0 Å². The van der Waals surface area contributed by atoms with Crippen molar-refractivity contribution in [2.75, 3.05) is 0 Å². The monoisotopic (exact) mass is 278 g/mol. The van der Waals surface area contributed by atoms with Crippen molar-refractivity contribution in [2.45, 2.75) is 26.9 Å². The summed E-state index contributed by atoms with van der Waals surface area (Å²) in [5, 5.41) is 9.79. The first kappa shape index (κ1) is 13.8. The van der Waals surface area contributed by atoms with Gasteiger partial charge < -0.3 is 9.84 Å². The summed E-state index contributed by atoms with van der Waals surface area (Å²) in [6.45, 7) is 3.76. The number of rotatable bonds is 4. The molecular formula is C14H15ClN2O2. The van der Waals surface area contributed by atoms with Crippen molar-refractivity contribution in [3.05, 3.63) is 46.2 Å². The lowest BCUT2D eigenvalue weighted by Gasteiger charge is -2.08. The van der Waals surface area contributed by atoms with Gasteiger partial charge in [0.05, 0.1) is 12.3 Å². The van der Waals surface area contributed by atoms with Crippen LogP contribution < -0.4 is 4.74 Å². The Morgan fingerprint density at radius 3 is 2.74 bits per heavy atom. The van der Waals surface area contributed by atoms with E-state index in [9.17, 15) is 0 Å². The number of nitrogens with zero attached hydrogens (tertiary/aromatic N) is 2. The molecule has 0 aliphatic rings. The summed E-state index contributed by atoms with van der Waals surface area (Å²) >= 11 is 6.05. The van der Waals surface area contributed by atoms with Crippen LogP contribution in [-0.2, 0) is 13.0 Å². The highest BCUT2D eigenvalue weighted by molar-refractivity contribution is 6.31. The topological polar surface area (TPSA) is 55.2 Å². The predicted molar refractivity (Wildman–Crippen MR) is 73.6 cm³/mol. The number of hydrogen-bond acceptors (Lipinski definition) is 4. The van der Waals surface area contributed by atoms with Gasteiger partial charge in [-0.3, -0.25) is 0 Å². The van der Waals surface area contributed by atoms with Crippen molar-refractivity contribution >= 4 is 11.6 Å². The summed E-state index contributed by atoms with van der Waals surface area (Å²) in [6, 6.07) is 5.71. The van der Waals surface area contributed by atoms with Crippen LogP contribution in [-0.4, -0.2) is 15.1 Å². The highest BCUT2D eigenvalue weighted by Crippen LogP contribution is 2.25. The van der Waals surface area contributed by atoms with Gasteiger partial charge in [-0.1, -0.05) is 18.5 Å². The molecule has 1 N–H and O–H groups in total. The molecule has 1 heterocycles. The highest BCUT2D eigenvalue weighted by Gasteiger charge is 2.06. The van der Waals surface area contributed by atoms with Gasteiger partial charge >= 0.3 is 6.01 Å². The van der Waals surface area contributed by atoms with Crippen LogP contribution in [0, 0.1) is 6.92 Å². The first-order valence-corrected chi connectivity index (χ1v) is 6.41. The molecule has 0 aliphatic heterocycles. The second kappa shape index (κ2) is 5.99. The van der Waals surface area contributed by atoms with E-state index < -0.39 is 0 Å². The molecule has 0 aliphatic carbocycles. The van der Waals surface area contributed by atoms with Crippen LogP contribution in [0.2, 0.25) is 5.02 Å². The Balaban J connectivity index is 2.23. The van der Waals surface area contributed by atoms with Crippen LogP contribution in [0.4, 0.5) is 0 Å². The minimum atomic E-state index is -0.0763. The van der Waals surface area contributed by atoms with Crippen molar-refractivity contribution in [2.24, 2.45) is 0 Å². The molecule has 4 nitrogen and oxygen atoms in total. The van der Waals surface area contributed by atoms with Crippen LogP contribution in [0.15, 0.2) is 24.4 Å². The zero-order valence-electron chi connectivity index (χ0n) is 10.9. The summed E-state index contributed by atoms with van der Waals surface area (Å²) in [7, 11) is 0. The SMILES string of the molecule is CCc1cc(Oc2ncc(CO)c(C)n2)ccc1Cl. The zero-order chi connectivity index (χ0) is 13.8. The number of aromatic nitrogens is 2. The summed E-state index contributed by atoms with van der Waals surface area (Å²) in [6.07, 6.45) is 2.40. The van der Waals surface area contributed by atoms with Crippen LogP contribution >= 0.6 is 11.6 Å². The fourth-order valence-corrected chi connectivity index (χ4v) is 1.92. The lowest BCUT2D eigenvalue weighted by atomic mass is 10.1. The van der Waals surface area contributed by atoms with E-state index in [4.69, 9.17) is 21.4 Å². The molecule has 0 fully saturated rings. The van der Waals surface area contributed by atoms with Gasteiger partial charge in [0.2, 0.25) is 0 Å². The smallest absolute Gasteiger partial charge is 0.322 e. The number of halogens is 1. The fourth-order valence-electron chi connectivity index (χ4n) is 1.67. The number of ether oxygens (including phenoxy) is 1. The summed E-state index contributed by atoms with van der Waals surface area (Å²) in [5.74, 6) is 0.650. The predicted octanol–water partition coefficient (Wildman–Crippen LogP) is 3.29. The van der Waals surface area contributed by atoms with E-state index in [0.29, 0.717) is 17.0 Å². The molecule has 2 aromatic rings. The molecule has 0 radical (unpaired) electrons. The Kier molecular flexibility index (Phi) is 4.35. The molecule has 19 heavy (non-hydrogen) atoms. The third-order valence-electron chi connectivity index (χ3n) is 2.84. The minimum Gasteiger partial charge on any atom is -0.424 e. The average molecular weight is 279 g/mol. The molecule has 0 unspecified atom stereocenters. The second-order valence-electron chi connectivity index (χ2n) is 4.13. The molecular weight excluding hydrogens is 264 g/mol. The number of aliphatic hydroxyl groups is 1. The Morgan fingerprint density at radius 1 is 1.32 bits per heavy atom. The number of hydrogen-bond donors (Lipinski definition) is 1. The largest absolute Gasteiger partial charge is 0.424 e. The molecule has 0 saturated heterocycles. The van der Waals surface area contributed by atoms with Crippen molar-refractivity contribution in [1.82, 2.24) is 9.97 Å². The normalized spacial score (nSPS) is 10.5. The third kappa shape index (κ3) is 3.22. The van der Waals surface area contributed by atoms with Gasteiger partial charge in [-0.15, -0.1) is 0 Å². The summed E-state index contributed by atoms with van der Waals surface area (Å²) in [4.78, 5) is 8.25. The van der Waals surface area contributed by atoms with E-state index in [2.05, 4.69) is 9.97 Å². The van der Waals surface area contributed by atoms with Crippen LogP contribution in [0.5, 0.6) is 11.8 Å². The van der Waals surface area contributed by atoms with Crippen LogP contribution in [0.25, 0.3) is 0 Å². The van der Waals surface area contributed by atoms with E-state index >= 15 is 0 Å². The van der Waals surface area contributed by atoms with Gasteiger partial charge in [-0.25, -0.2) is 4.98 Å².